The van der Waals surface area contributed by atoms with Crippen molar-refractivity contribution in [3.63, 3.8) is 0 Å². The van der Waals surface area contributed by atoms with Gasteiger partial charge in [-0.1, -0.05) is 23.7 Å². The number of hydrogen-bond donors (Lipinski definition) is 2. The van der Waals surface area contributed by atoms with Crippen LogP contribution < -0.4 is 11.1 Å². The molecule has 1 aliphatic rings. The Balaban J connectivity index is 2.16. The lowest BCUT2D eigenvalue weighted by Crippen LogP contribution is -2.52. The molecule has 2 rings (SSSR count). The molecule has 0 saturated carbocycles. The van der Waals surface area contributed by atoms with Crippen molar-refractivity contribution in [2.45, 2.75) is 38.5 Å². The molecule has 1 fully saturated rings. The molecule has 0 bridgehead atoms. The molecule has 1 heterocycles. The zero-order chi connectivity index (χ0) is 17.0. The first-order chi connectivity index (χ1) is 10.8. The molecule has 5 nitrogen and oxygen atoms in total. The predicted molar refractivity (Wildman–Crippen MR) is 92.5 cm³/mol. The van der Waals surface area contributed by atoms with Crippen LogP contribution in [0.25, 0.3) is 0 Å². The van der Waals surface area contributed by atoms with E-state index < -0.39 is 6.04 Å². The summed E-state index contributed by atoms with van der Waals surface area (Å²) in [6.07, 6.45) is 0. The van der Waals surface area contributed by atoms with Crippen molar-refractivity contribution in [3.8, 4) is 0 Å². The van der Waals surface area contributed by atoms with E-state index in [4.69, 9.17) is 22.1 Å². The number of nitrogens with one attached hydrogen (secondary N) is 1. The van der Waals surface area contributed by atoms with Gasteiger partial charge in [-0.25, -0.2) is 0 Å². The molecule has 6 heteroatoms. The molecular weight excluding hydrogens is 314 g/mol. The van der Waals surface area contributed by atoms with E-state index in [0.29, 0.717) is 18.2 Å². The van der Waals surface area contributed by atoms with Crippen molar-refractivity contribution in [2.24, 2.45) is 5.73 Å². The highest BCUT2D eigenvalue weighted by Crippen LogP contribution is 2.27. The molecule has 23 heavy (non-hydrogen) atoms. The minimum Gasteiger partial charge on any atom is -0.373 e. The number of rotatable bonds is 5. The van der Waals surface area contributed by atoms with E-state index in [2.05, 4.69) is 24.1 Å². The van der Waals surface area contributed by atoms with Crippen molar-refractivity contribution in [1.29, 1.82) is 0 Å². The van der Waals surface area contributed by atoms with Gasteiger partial charge in [-0.2, -0.15) is 0 Å². The van der Waals surface area contributed by atoms with Gasteiger partial charge in [0.05, 0.1) is 24.3 Å². The van der Waals surface area contributed by atoms with E-state index >= 15 is 0 Å². The number of hydrogen-bond acceptors (Lipinski definition) is 4. The molecule has 3 N–H and O–H groups in total. The second kappa shape index (κ2) is 7.62. The number of amides is 1. The van der Waals surface area contributed by atoms with Gasteiger partial charge in [-0.3, -0.25) is 9.69 Å². The van der Waals surface area contributed by atoms with Crippen LogP contribution in [0.15, 0.2) is 24.3 Å². The molecule has 0 aromatic heterocycles. The van der Waals surface area contributed by atoms with Crippen molar-refractivity contribution < 1.29 is 9.53 Å². The molecule has 1 aliphatic heterocycles. The smallest absolute Gasteiger partial charge is 0.236 e. The van der Waals surface area contributed by atoms with Crippen LogP contribution in [0.5, 0.6) is 0 Å². The summed E-state index contributed by atoms with van der Waals surface area (Å²) >= 11 is 6.00. The Morgan fingerprint density at radius 2 is 2.09 bits per heavy atom. The third kappa shape index (κ3) is 5.18. The Morgan fingerprint density at radius 1 is 1.43 bits per heavy atom. The van der Waals surface area contributed by atoms with Crippen LogP contribution in [0, 0.1) is 0 Å². The van der Waals surface area contributed by atoms with E-state index in [0.717, 1.165) is 18.7 Å². The first-order valence-electron chi connectivity index (χ1n) is 7.95. The summed E-state index contributed by atoms with van der Waals surface area (Å²) in [6.45, 7) is 8.66. The number of morpholine rings is 1. The lowest BCUT2D eigenvalue weighted by atomic mass is 10.0. The summed E-state index contributed by atoms with van der Waals surface area (Å²) < 4.78 is 5.79. The minimum atomic E-state index is -0.512. The number of ether oxygens (including phenoxy) is 1. The van der Waals surface area contributed by atoms with Gasteiger partial charge in [0.1, 0.15) is 0 Å². The van der Waals surface area contributed by atoms with Gasteiger partial charge < -0.3 is 15.8 Å². The summed E-state index contributed by atoms with van der Waals surface area (Å²) in [5.74, 6) is -0.142. The number of nitrogens with zero attached hydrogens (tertiary/aromatic N) is 1. The molecule has 0 spiro atoms. The molecule has 128 valence electrons. The minimum absolute atomic E-state index is 0.0677. The Labute approximate surface area is 143 Å². The van der Waals surface area contributed by atoms with E-state index in [9.17, 15) is 4.79 Å². The molecular formula is C17H26ClN3O2. The van der Waals surface area contributed by atoms with Crippen molar-refractivity contribution in [2.75, 3.05) is 26.2 Å². The highest BCUT2D eigenvalue weighted by atomic mass is 35.5. The third-order valence-electron chi connectivity index (χ3n) is 4.03. The summed E-state index contributed by atoms with van der Waals surface area (Å²) in [6, 6.07) is 7.33. The maximum absolute atomic E-state index is 11.8. The SMILES string of the molecule is C[C@@H](N)C(=O)NCC(c1ccc(Cl)cc1)N1CCOC(C)(C)C1. The maximum atomic E-state index is 11.8. The number of benzene rings is 1. The lowest BCUT2D eigenvalue weighted by molar-refractivity contribution is -0.123. The Bertz CT molecular complexity index is 531. The zero-order valence-electron chi connectivity index (χ0n) is 14.0. The summed E-state index contributed by atoms with van der Waals surface area (Å²) in [5, 5.41) is 3.64. The lowest BCUT2D eigenvalue weighted by Gasteiger charge is -2.42. The van der Waals surface area contributed by atoms with Gasteiger partial charge in [0.2, 0.25) is 5.91 Å². The van der Waals surface area contributed by atoms with E-state index in [1.807, 2.05) is 24.3 Å². The van der Waals surface area contributed by atoms with Gasteiger partial charge in [-0.15, -0.1) is 0 Å². The normalized spacial score (nSPS) is 20.7. The monoisotopic (exact) mass is 339 g/mol. The topological polar surface area (TPSA) is 67.6 Å². The van der Waals surface area contributed by atoms with Crippen LogP contribution in [0.3, 0.4) is 0 Å². The quantitative estimate of drug-likeness (QED) is 0.860. The van der Waals surface area contributed by atoms with Crippen LogP contribution in [0.2, 0.25) is 5.02 Å². The largest absolute Gasteiger partial charge is 0.373 e. The summed E-state index contributed by atoms with van der Waals surface area (Å²) in [4.78, 5) is 14.2. The van der Waals surface area contributed by atoms with Gasteiger partial charge >= 0.3 is 0 Å². The average Bonchev–Trinajstić information content (AvgIpc) is 2.48. The van der Waals surface area contributed by atoms with Gasteiger partial charge in [0, 0.05) is 24.7 Å². The van der Waals surface area contributed by atoms with Crippen LogP contribution >= 0.6 is 11.6 Å². The van der Waals surface area contributed by atoms with E-state index in [1.165, 1.54) is 0 Å². The van der Waals surface area contributed by atoms with Crippen LogP contribution in [-0.4, -0.2) is 48.7 Å². The van der Waals surface area contributed by atoms with Gasteiger partial charge in [-0.05, 0) is 38.5 Å². The van der Waals surface area contributed by atoms with Crippen LogP contribution in [-0.2, 0) is 9.53 Å². The number of halogens is 1. The number of carbonyl (C=O) groups excluding carboxylic acids is 1. The third-order valence-corrected chi connectivity index (χ3v) is 4.29. The van der Waals surface area contributed by atoms with Gasteiger partial charge in [0.15, 0.2) is 0 Å². The summed E-state index contributed by atoms with van der Waals surface area (Å²) in [5.41, 5.74) is 6.56. The average molecular weight is 340 g/mol. The molecule has 0 radical (unpaired) electrons. The van der Waals surface area contributed by atoms with E-state index in [-0.39, 0.29) is 17.6 Å². The van der Waals surface area contributed by atoms with E-state index in [1.54, 1.807) is 6.92 Å². The van der Waals surface area contributed by atoms with Crippen molar-refractivity contribution in [3.05, 3.63) is 34.9 Å². The molecule has 1 saturated heterocycles. The standard InChI is InChI=1S/C17H26ClN3O2/c1-12(19)16(22)20-10-15(13-4-6-14(18)7-5-13)21-8-9-23-17(2,3)11-21/h4-7,12,15H,8-11,19H2,1-3H3,(H,20,22)/t12-,15?/m1/s1. The Hall–Kier alpha value is -1.14. The first-order valence-corrected chi connectivity index (χ1v) is 8.33. The van der Waals surface area contributed by atoms with Crippen molar-refractivity contribution in [1.82, 2.24) is 10.2 Å². The fourth-order valence-corrected chi connectivity index (χ4v) is 2.95. The highest BCUT2D eigenvalue weighted by Gasteiger charge is 2.32. The molecule has 0 aliphatic carbocycles. The zero-order valence-corrected chi connectivity index (χ0v) is 14.8. The highest BCUT2D eigenvalue weighted by molar-refractivity contribution is 6.30. The second-order valence-corrected chi connectivity index (χ2v) is 7.12. The number of nitrogens with two attached hydrogens (primary N) is 1. The summed E-state index contributed by atoms with van der Waals surface area (Å²) in [7, 11) is 0. The fraction of sp³-hybridized carbons (Fsp3) is 0.588. The Kier molecular flexibility index (Phi) is 6.03. The molecule has 1 aromatic carbocycles. The predicted octanol–water partition coefficient (Wildman–Crippen LogP) is 1.96. The molecule has 1 unspecified atom stereocenters. The maximum Gasteiger partial charge on any atom is 0.236 e. The fourth-order valence-electron chi connectivity index (χ4n) is 2.82. The Morgan fingerprint density at radius 3 is 2.65 bits per heavy atom. The molecule has 1 aromatic rings. The number of carbonyl (C=O) groups is 1. The van der Waals surface area contributed by atoms with Crippen molar-refractivity contribution >= 4 is 17.5 Å². The van der Waals surface area contributed by atoms with Crippen LogP contribution in [0.1, 0.15) is 32.4 Å². The second-order valence-electron chi connectivity index (χ2n) is 6.68. The molecule has 1 amide bonds. The van der Waals surface area contributed by atoms with Crippen LogP contribution in [0.4, 0.5) is 0 Å². The van der Waals surface area contributed by atoms with Gasteiger partial charge in [0.25, 0.3) is 0 Å². The molecule has 2 atom stereocenters. The first kappa shape index (κ1) is 18.2.